The van der Waals surface area contributed by atoms with Crippen LogP contribution in [0.1, 0.15) is 39.0 Å². The molecule has 4 nitrogen and oxygen atoms in total. The molecular weight excluding hydrogens is 271 g/mol. The van der Waals surface area contributed by atoms with Crippen LogP contribution in [0.4, 0.5) is 10.1 Å². The van der Waals surface area contributed by atoms with Crippen molar-refractivity contribution in [2.24, 2.45) is 0 Å². The fourth-order valence-corrected chi connectivity index (χ4v) is 2.67. The number of carbonyl (C=O) groups is 2. The smallest absolute Gasteiger partial charge is 0.240 e. The highest BCUT2D eigenvalue weighted by Crippen LogP contribution is 2.18. The van der Waals surface area contributed by atoms with Crippen molar-refractivity contribution in [1.29, 1.82) is 0 Å². The van der Waals surface area contributed by atoms with E-state index >= 15 is 0 Å². The van der Waals surface area contributed by atoms with Crippen LogP contribution < -0.4 is 10.2 Å². The summed E-state index contributed by atoms with van der Waals surface area (Å²) < 4.78 is 12.9. The molecule has 0 unspecified atom stereocenters. The van der Waals surface area contributed by atoms with Crippen molar-refractivity contribution in [1.82, 2.24) is 5.32 Å². The van der Waals surface area contributed by atoms with Gasteiger partial charge in [0.05, 0.1) is 0 Å². The summed E-state index contributed by atoms with van der Waals surface area (Å²) in [6.45, 7) is 1.37. The summed E-state index contributed by atoms with van der Waals surface area (Å²) in [4.78, 5) is 25.2. The van der Waals surface area contributed by atoms with Gasteiger partial charge in [-0.05, 0) is 37.1 Å². The lowest BCUT2D eigenvalue weighted by atomic mass is 9.95. The molecule has 1 aliphatic rings. The minimum Gasteiger partial charge on any atom is -0.352 e. The van der Waals surface area contributed by atoms with Crippen molar-refractivity contribution in [2.45, 2.75) is 45.1 Å². The third kappa shape index (κ3) is 4.55. The van der Waals surface area contributed by atoms with Crippen molar-refractivity contribution in [3.8, 4) is 0 Å². The topological polar surface area (TPSA) is 49.4 Å². The second-order valence-electron chi connectivity index (χ2n) is 5.48. The van der Waals surface area contributed by atoms with Gasteiger partial charge < -0.3 is 10.2 Å². The van der Waals surface area contributed by atoms with Crippen molar-refractivity contribution >= 4 is 17.5 Å². The number of hydrogen-bond donors (Lipinski definition) is 1. The Labute approximate surface area is 124 Å². The van der Waals surface area contributed by atoms with Crippen molar-refractivity contribution in [3.63, 3.8) is 0 Å². The Morgan fingerprint density at radius 2 is 1.81 bits per heavy atom. The summed E-state index contributed by atoms with van der Waals surface area (Å²) in [7, 11) is 0. The Morgan fingerprint density at radius 1 is 1.19 bits per heavy atom. The summed E-state index contributed by atoms with van der Waals surface area (Å²) in [5, 5.41) is 2.98. The number of nitrogens with zero attached hydrogens (tertiary/aromatic N) is 1. The third-order valence-corrected chi connectivity index (χ3v) is 3.79. The number of halogens is 1. The second kappa shape index (κ2) is 7.20. The first-order valence-electron chi connectivity index (χ1n) is 7.39. The van der Waals surface area contributed by atoms with Crippen LogP contribution in [0.5, 0.6) is 0 Å². The average Bonchev–Trinajstić information content (AvgIpc) is 2.47. The highest BCUT2D eigenvalue weighted by molar-refractivity contribution is 5.97. The molecule has 21 heavy (non-hydrogen) atoms. The van der Waals surface area contributed by atoms with Gasteiger partial charge in [0.25, 0.3) is 0 Å². The van der Waals surface area contributed by atoms with Gasteiger partial charge in [0.15, 0.2) is 0 Å². The van der Waals surface area contributed by atoms with Crippen LogP contribution in [0.15, 0.2) is 24.3 Å². The average molecular weight is 292 g/mol. The quantitative estimate of drug-likeness (QED) is 0.927. The van der Waals surface area contributed by atoms with Crippen molar-refractivity contribution in [3.05, 3.63) is 30.1 Å². The highest BCUT2D eigenvalue weighted by Gasteiger charge is 2.19. The maximum absolute atomic E-state index is 12.9. The summed E-state index contributed by atoms with van der Waals surface area (Å²) in [6, 6.07) is 5.79. The zero-order valence-corrected chi connectivity index (χ0v) is 12.3. The van der Waals surface area contributed by atoms with E-state index in [1.54, 1.807) is 0 Å². The van der Waals surface area contributed by atoms with Gasteiger partial charge in [-0.15, -0.1) is 0 Å². The lowest BCUT2D eigenvalue weighted by Crippen LogP contribution is -2.44. The molecule has 0 saturated heterocycles. The summed E-state index contributed by atoms with van der Waals surface area (Å²) in [6.07, 6.45) is 5.50. The molecule has 2 amide bonds. The van der Waals surface area contributed by atoms with E-state index in [0.29, 0.717) is 5.69 Å². The van der Waals surface area contributed by atoms with Crippen LogP contribution in [0.2, 0.25) is 0 Å². The van der Waals surface area contributed by atoms with Crippen LogP contribution in [-0.2, 0) is 9.59 Å². The molecule has 0 aromatic heterocycles. The Hall–Kier alpha value is -1.91. The molecule has 0 bridgehead atoms. The normalized spacial score (nSPS) is 15.5. The summed E-state index contributed by atoms with van der Waals surface area (Å²) in [5.74, 6) is -0.768. The van der Waals surface area contributed by atoms with Crippen LogP contribution in [0, 0.1) is 5.82 Å². The lowest BCUT2D eigenvalue weighted by molar-refractivity contribution is -0.123. The van der Waals surface area contributed by atoms with E-state index in [4.69, 9.17) is 0 Å². The van der Waals surface area contributed by atoms with Gasteiger partial charge in [-0.3, -0.25) is 9.59 Å². The zero-order valence-electron chi connectivity index (χ0n) is 12.3. The van der Waals surface area contributed by atoms with Gasteiger partial charge in [-0.2, -0.15) is 0 Å². The first kappa shape index (κ1) is 15.5. The van der Waals surface area contributed by atoms with Crippen molar-refractivity contribution in [2.75, 3.05) is 11.4 Å². The van der Waals surface area contributed by atoms with Crippen LogP contribution >= 0.6 is 0 Å². The van der Waals surface area contributed by atoms with Crippen molar-refractivity contribution < 1.29 is 14.0 Å². The molecule has 5 heteroatoms. The molecule has 1 aromatic carbocycles. The molecule has 1 fully saturated rings. The predicted octanol–water partition coefficient (Wildman–Crippen LogP) is 2.63. The van der Waals surface area contributed by atoms with E-state index in [1.807, 2.05) is 0 Å². The van der Waals surface area contributed by atoms with Gasteiger partial charge in [0, 0.05) is 18.7 Å². The van der Waals surface area contributed by atoms with Crippen LogP contribution in [-0.4, -0.2) is 24.4 Å². The molecule has 0 radical (unpaired) electrons. The molecule has 1 aromatic rings. The molecular formula is C16H21FN2O2. The lowest BCUT2D eigenvalue weighted by Gasteiger charge is -2.25. The maximum Gasteiger partial charge on any atom is 0.240 e. The number of anilines is 1. The Morgan fingerprint density at radius 3 is 2.38 bits per heavy atom. The van der Waals surface area contributed by atoms with E-state index in [1.165, 1.54) is 42.5 Å². The van der Waals surface area contributed by atoms with Crippen LogP contribution in [0.3, 0.4) is 0 Å². The Balaban J connectivity index is 1.97. The van der Waals surface area contributed by atoms with Gasteiger partial charge in [-0.25, -0.2) is 4.39 Å². The molecule has 0 heterocycles. The third-order valence-electron chi connectivity index (χ3n) is 3.79. The van der Waals surface area contributed by atoms with E-state index in [2.05, 4.69) is 5.32 Å². The standard InChI is InChI=1S/C16H21FN2O2/c1-12(20)19(15-9-7-13(17)8-10-15)11-16(21)18-14-5-3-2-4-6-14/h7-10,14H,2-6,11H2,1H3,(H,18,21). The van der Waals surface area contributed by atoms with Crippen LogP contribution in [0.25, 0.3) is 0 Å². The molecule has 0 atom stereocenters. The maximum atomic E-state index is 12.9. The molecule has 1 N–H and O–H groups in total. The van der Waals surface area contributed by atoms with E-state index < -0.39 is 0 Å². The van der Waals surface area contributed by atoms with Gasteiger partial charge in [0.2, 0.25) is 11.8 Å². The number of rotatable bonds is 4. The molecule has 1 aliphatic carbocycles. The first-order chi connectivity index (χ1) is 10.1. The first-order valence-corrected chi connectivity index (χ1v) is 7.39. The van der Waals surface area contributed by atoms with E-state index in [0.717, 1.165) is 25.7 Å². The molecule has 0 spiro atoms. The van der Waals surface area contributed by atoms with Gasteiger partial charge in [-0.1, -0.05) is 19.3 Å². The zero-order chi connectivity index (χ0) is 15.2. The number of hydrogen-bond acceptors (Lipinski definition) is 2. The van der Waals surface area contributed by atoms with E-state index in [9.17, 15) is 14.0 Å². The summed E-state index contributed by atoms with van der Waals surface area (Å²) >= 11 is 0. The highest BCUT2D eigenvalue weighted by atomic mass is 19.1. The largest absolute Gasteiger partial charge is 0.352 e. The molecule has 0 aliphatic heterocycles. The number of amides is 2. The Bertz CT molecular complexity index is 496. The number of carbonyl (C=O) groups excluding carboxylic acids is 2. The summed E-state index contributed by atoms with van der Waals surface area (Å²) in [5.41, 5.74) is 0.530. The van der Waals surface area contributed by atoms with Gasteiger partial charge in [0.1, 0.15) is 12.4 Å². The molecule has 1 saturated carbocycles. The SMILES string of the molecule is CC(=O)N(CC(=O)NC1CCCCC1)c1ccc(F)cc1. The second-order valence-corrected chi connectivity index (χ2v) is 5.48. The van der Waals surface area contributed by atoms with Gasteiger partial charge >= 0.3 is 0 Å². The molecule has 2 rings (SSSR count). The number of nitrogens with one attached hydrogen (secondary N) is 1. The van der Waals surface area contributed by atoms with E-state index in [-0.39, 0.29) is 30.2 Å². The minimum absolute atomic E-state index is 0.0303. The monoisotopic (exact) mass is 292 g/mol. The Kier molecular flexibility index (Phi) is 5.31. The number of benzene rings is 1. The fraction of sp³-hybridized carbons (Fsp3) is 0.500. The fourth-order valence-electron chi connectivity index (χ4n) is 2.67. The molecule has 114 valence electrons. The predicted molar refractivity (Wildman–Crippen MR) is 79.4 cm³/mol. The minimum atomic E-state index is -0.367.